The van der Waals surface area contributed by atoms with Gasteiger partial charge in [-0.15, -0.1) is 0 Å². The lowest BCUT2D eigenvalue weighted by atomic mass is 10.3. The maximum absolute atomic E-state index is 9.28. The number of nitrogens with zero attached hydrogens (tertiary/aromatic N) is 1. The van der Waals surface area contributed by atoms with Gasteiger partial charge in [-0.1, -0.05) is 0 Å². The van der Waals surface area contributed by atoms with Crippen LogP contribution < -0.4 is 10.6 Å². The van der Waals surface area contributed by atoms with Gasteiger partial charge in [0.2, 0.25) is 0 Å². The van der Waals surface area contributed by atoms with E-state index in [1.54, 1.807) is 12.1 Å². The number of rotatable bonds is 6. The zero-order valence-corrected chi connectivity index (χ0v) is 13.7. The molecule has 8 heteroatoms. The second-order valence-electron chi connectivity index (χ2n) is 4.45. The van der Waals surface area contributed by atoms with Gasteiger partial charge in [-0.3, -0.25) is 0 Å². The van der Waals surface area contributed by atoms with Gasteiger partial charge in [0.15, 0.2) is 5.11 Å². The fraction of sp³-hybridized carbons (Fsp3) is 0.333. The van der Waals surface area contributed by atoms with Crippen LogP contribution >= 0.6 is 24.4 Å². The minimum absolute atomic E-state index is 0.424. The summed E-state index contributed by atoms with van der Waals surface area (Å²) in [4.78, 5) is 22.4. The number of anilines is 1. The summed E-state index contributed by atoms with van der Waals surface area (Å²) in [6.07, 6.45) is 0.667. The maximum Gasteiger partial charge on any atom is 0.329 e. The van der Waals surface area contributed by atoms with Crippen molar-refractivity contribution in [1.29, 1.82) is 0 Å². The standard InChI is InChI=1S/C12H17N3O2S2Si/c1-20(16,17)8-2-7-13-12(19)15-11-5-3-10(4-6-11)14-9-18/h3-6,16-17H,2,7-8H2,1H3,(H2,13,15,19). The molecule has 1 aromatic carbocycles. The fourth-order valence-corrected chi connectivity index (χ4v) is 2.64. The normalized spacial score (nSPS) is 10.6. The van der Waals surface area contributed by atoms with E-state index in [1.807, 2.05) is 12.1 Å². The molecule has 0 aliphatic heterocycles. The van der Waals surface area contributed by atoms with Crippen LogP contribution in [0.1, 0.15) is 6.42 Å². The van der Waals surface area contributed by atoms with Gasteiger partial charge in [-0.25, -0.2) is 0 Å². The molecule has 0 radical (unpaired) electrons. The molecule has 0 spiro atoms. The van der Waals surface area contributed by atoms with Crippen LogP contribution in [0.3, 0.4) is 0 Å². The molecule has 0 aromatic heterocycles. The molecule has 0 atom stereocenters. The van der Waals surface area contributed by atoms with E-state index >= 15 is 0 Å². The summed E-state index contributed by atoms with van der Waals surface area (Å²) >= 11 is 9.66. The number of hydrogen-bond acceptors (Lipinski definition) is 5. The van der Waals surface area contributed by atoms with Crippen molar-refractivity contribution in [1.82, 2.24) is 5.32 Å². The fourth-order valence-electron chi connectivity index (χ4n) is 1.47. The van der Waals surface area contributed by atoms with E-state index < -0.39 is 8.56 Å². The summed E-state index contributed by atoms with van der Waals surface area (Å²) in [7, 11) is -2.95. The summed E-state index contributed by atoms with van der Waals surface area (Å²) in [5.74, 6) is 0. The molecule has 5 nitrogen and oxygen atoms in total. The Bertz CT molecular complexity index is 496. The zero-order chi connectivity index (χ0) is 15.0. The van der Waals surface area contributed by atoms with Crippen molar-refractivity contribution >= 4 is 54.6 Å². The van der Waals surface area contributed by atoms with Gasteiger partial charge in [0.05, 0.1) is 10.8 Å². The molecule has 0 bridgehead atoms. The minimum Gasteiger partial charge on any atom is -0.411 e. The van der Waals surface area contributed by atoms with Crippen LogP contribution in [0.5, 0.6) is 0 Å². The highest BCUT2D eigenvalue weighted by molar-refractivity contribution is 7.80. The molecule has 0 saturated carbocycles. The van der Waals surface area contributed by atoms with Crippen molar-refractivity contribution in [3.8, 4) is 0 Å². The van der Waals surface area contributed by atoms with Crippen LogP contribution in [0, 0.1) is 0 Å². The molecule has 108 valence electrons. The highest BCUT2D eigenvalue weighted by atomic mass is 32.1. The Balaban J connectivity index is 2.33. The predicted octanol–water partition coefficient (Wildman–Crippen LogP) is 2.15. The van der Waals surface area contributed by atoms with Gasteiger partial charge in [0.25, 0.3) is 0 Å². The molecule has 1 aromatic rings. The lowest BCUT2D eigenvalue weighted by molar-refractivity contribution is 0.367. The van der Waals surface area contributed by atoms with Gasteiger partial charge in [-0.2, -0.15) is 4.99 Å². The number of isothiocyanates is 1. The Morgan fingerprint density at radius 1 is 1.35 bits per heavy atom. The summed E-state index contributed by atoms with van der Waals surface area (Å²) < 4.78 is 0. The molecular weight excluding hydrogens is 310 g/mol. The first kappa shape index (κ1) is 16.9. The number of benzene rings is 1. The third-order valence-electron chi connectivity index (χ3n) is 2.41. The molecule has 0 heterocycles. The Morgan fingerprint density at radius 3 is 2.55 bits per heavy atom. The molecular formula is C12H17N3O2S2Si. The average Bonchev–Trinajstić information content (AvgIpc) is 2.36. The van der Waals surface area contributed by atoms with E-state index in [2.05, 4.69) is 33.0 Å². The van der Waals surface area contributed by atoms with Crippen molar-refractivity contribution in [3.05, 3.63) is 24.3 Å². The predicted molar refractivity (Wildman–Crippen MR) is 90.8 cm³/mol. The highest BCUT2D eigenvalue weighted by Crippen LogP contribution is 2.15. The molecule has 20 heavy (non-hydrogen) atoms. The smallest absolute Gasteiger partial charge is 0.329 e. The van der Waals surface area contributed by atoms with Crippen LogP contribution in [0.15, 0.2) is 29.3 Å². The molecule has 4 N–H and O–H groups in total. The largest absolute Gasteiger partial charge is 0.411 e. The summed E-state index contributed by atoms with van der Waals surface area (Å²) in [6, 6.07) is 7.71. The second kappa shape index (κ2) is 8.20. The van der Waals surface area contributed by atoms with Gasteiger partial charge in [0.1, 0.15) is 0 Å². The van der Waals surface area contributed by atoms with Gasteiger partial charge >= 0.3 is 8.56 Å². The summed E-state index contributed by atoms with van der Waals surface area (Å²) in [5.41, 5.74) is 1.58. The van der Waals surface area contributed by atoms with Crippen molar-refractivity contribution in [2.45, 2.75) is 19.0 Å². The van der Waals surface area contributed by atoms with Crippen molar-refractivity contribution < 1.29 is 9.59 Å². The minimum atomic E-state index is -2.95. The Morgan fingerprint density at radius 2 is 2.00 bits per heavy atom. The third kappa shape index (κ3) is 7.44. The maximum atomic E-state index is 9.28. The van der Waals surface area contributed by atoms with Crippen LogP contribution in [0.4, 0.5) is 11.4 Å². The number of aliphatic imine (C=N–C) groups is 1. The summed E-state index contributed by atoms with van der Waals surface area (Å²) in [5, 5.41) is 8.84. The summed E-state index contributed by atoms with van der Waals surface area (Å²) in [6.45, 7) is 2.09. The molecule has 0 unspecified atom stereocenters. The highest BCUT2D eigenvalue weighted by Gasteiger charge is 2.19. The Kier molecular flexibility index (Phi) is 6.93. The van der Waals surface area contributed by atoms with E-state index in [9.17, 15) is 9.59 Å². The lowest BCUT2D eigenvalue weighted by Crippen LogP contribution is -2.33. The first-order valence-corrected chi connectivity index (χ1v) is 9.50. The number of hydrogen-bond donors (Lipinski definition) is 4. The van der Waals surface area contributed by atoms with Gasteiger partial charge in [-0.05, 0) is 67.7 Å². The van der Waals surface area contributed by atoms with Gasteiger partial charge < -0.3 is 20.2 Å². The number of thiocarbonyl (C=S) groups is 2. The van der Waals surface area contributed by atoms with E-state index in [0.717, 1.165) is 11.4 Å². The van der Waals surface area contributed by atoms with E-state index in [4.69, 9.17) is 12.2 Å². The monoisotopic (exact) mass is 327 g/mol. The first-order valence-electron chi connectivity index (χ1n) is 6.08. The molecule has 0 fully saturated rings. The first-order chi connectivity index (χ1) is 9.40. The van der Waals surface area contributed by atoms with E-state index in [0.29, 0.717) is 24.1 Å². The molecule has 0 aliphatic rings. The zero-order valence-electron chi connectivity index (χ0n) is 11.1. The van der Waals surface area contributed by atoms with Crippen LogP contribution in [-0.2, 0) is 0 Å². The van der Waals surface area contributed by atoms with E-state index in [-0.39, 0.29) is 0 Å². The van der Waals surface area contributed by atoms with E-state index in [1.165, 1.54) is 6.55 Å². The third-order valence-corrected chi connectivity index (χ3v) is 4.05. The quantitative estimate of drug-likeness (QED) is 0.278. The van der Waals surface area contributed by atoms with Crippen LogP contribution in [0.25, 0.3) is 0 Å². The van der Waals surface area contributed by atoms with Crippen LogP contribution in [-0.4, -0.2) is 35.0 Å². The molecule has 0 aliphatic carbocycles. The molecule has 1 rings (SSSR count). The lowest BCUT2D eigenvalue weighted by Gasteiger charge is -2.13. The Labute approximate surface area is 130 Å². The SMILES string of the molecule is C[Si](O)(O)CCCNC(=S)Nc1ccc(N=C=S)cc1. The van der Waals surface area contributed by atoms with Crippen molar-refractivity contribution in [3.63, 3.8) is 0 Å². The van der Waals surface area contributed by atoms with Crippen molar-refractivity contribution in [2.75, 3.05) is 11.9 Å². The second-order valence-corrected chi connectivity index (χ2v) is 7.98. The molecule has 0 amide bonds. The van der Waals surface area contributed by atoms with Crippen LogP contribution in [0.2, 0.25) is 12.6 Å². The molecule has 0 saturated heterocycles. The topological polar surface area (TPSA) is 76.9 Å². The van der Waals surface area contributed by atoms with Gasteiger partial charge in [0, 0.05) is 12.2 Å². The number of nitrogens with one attached hydrogen (secondary N) is 2. The Hall–Kier alpha value is -1.15. The average molecular weight is 328 g/mol. The van der Waals surface area contributed by atoms with Crippen molar-refractivity contribution in [2.24, 2.45) is 4.99 Å².